The molecule has 1 unspecified atom stereocenters. The number of rotatable bonds is 9. The van der Waals surface area contributed by atoms with Gasteiger partial charge in [0.25, 0.3) is 0 Å². The predicted molar refractivity (Wildman–Crippen MR) is 97.0 cm³/mol. The predicted octanol–water partition coefficient (Wildman–Crippen LogP) is 2.09. The highest BCUT2D eigenvalue weighted by Crippen LogP contribution is 2.31. The van der Waals surface area contributed by atoms with E-state index >= 15 is 0 Å². The molecular weight excluding hydrogens is 288 g/mol. The highest BCUT2D eigenvalue weighted by atomic mass is 16.5. The minimum atomic E-state index is 0.526. The molecule has 5 nitrogen and oxygen atoms in total. The van der Waals surface area contributed by atoms with Crippen molar-refractivity contribution in [2.24, 2.45) is 16.8 Å². The second-order valence-electron chi connectivity index (χ2n) is 7.31. The van der Waals surface area contributed by atoms with Crippen molar-refractivity contribution in [2.45, 2.75) is 52.5 Å². The zero-order valence-corrected chi connectivity index (χ0v) is 15.3. The van der Waals surface area contributed by atoms with Crippen LogP contribution in [0.25, 0.3) is 0 Å². The molecule has 0 bridgehead atoms. The van der Waals surface area contributed by atoms with E-state index in [1.807, 2.05) is 0 Å². The normalized spacial score (nSPS) is 21.5. The van der Waals surface area contributed by atoms with E-state index in [0.717, 1.165) is 57.8 Å². The van der Waals surface area contributed by atoms with Gasteiger partial charge in [0.15, 0.2) is 5.96 Å². The fourth-order valence-corrected chi connectivity index (χ4v) is 3.17. The summed E-state index contributed by atoms with van der Waals surface area (Å²) in [6.07, 6.45) is 5.32. The molecule has 0 radical (unpaired) electrons. The Morgan fingerprint density at radius 1 is 1.22 bits per heavy atom. The Balaban J connectivity index is 1.84. The molecule has 134 valence electrons. The maximum absolute atomic E-state index is 5.50. The van der Waals surface area contributed by atoms with Crippen molar-refractivity contribution in [3.8, 4) is 0 Å². The summed E-state index contributed by atoms with van der Waals surface area (Å²) in [7, 11) is 0. The van der Waals surface area contributed by atoms with Crippen LogP contribution in [0.4, 0.5) is 0 Å². The lowest BCUT2D eigenvalue weighted by Gasteiger charge is -2.34. The first-order valence-corrected chi connectivity index (χ1v) is 9.53. The fraction of sp³-hybridized carbons (Fsp3) is 0.944. The maximum atomic E-state index is 5.50. The molecule has 0 aromatic carbocycles. The van der Waals surface area contributed by atoms with Gasteiger partial charge in [-0.25, -0.2) is 0 Å². The first-order chi connectivity index (χ1) is 11.2. The first-order valence-electron chi connectivity index (χ1n) is 9.53. The summed E-state index contributed by atoms with van der Waals surface area (Å²) in [5, 5.41) is 6.88. The fourth-order valence-electron chi connectivity index (χ4n) is 3.17. The van der Waals surface area contributed by atoms with Crippen molar-refractivity contribution >= 4 is 5.96 Å². The van der Waals surface area contributed by atoms with Crippen molar-refractivity contribution in [2.75, 3.05) is 45.9 Å². The zero-order chi connectivity index (χ0) is 16.5. The van der Waals surface area contributed by atoms with Gasteiger partial charge in [0.2, 0.25) is 0 Å². The van der Waals surface area contributed by atoms with E-state index in [4.69, 9.17) is 9.73 Å². The van der Waals surface area contributed by atoms with Crippen molar-refractivity contribution in [1.82, 2.24) is 15.5 Å². The molecule has 5 heteroatoms. The topological polar surface area (TPSA) is 48.9 Å². The zero-order valence-electron chi connectivity index (χ0n) is 15.3. The quantitative estimate of drug-likeness (QED) is 0.504. The van der Waals surface area contributed by atoms with Crippen LogP contribution in [0.2, 0.25) is 0 Å². The molecule has 0 aromatic rings. The third kappa shape index (κ3) is 7.53. The summed E-state index contributed by atoms with van der Waals surface area (Å²) in [5.41, 5.74) is 0. The minimum Gasteiger partial charge on any atom is -0.379 e. The third-order valence-corrected chi connectivity index (χ3v) is 4.65. The third-order valence-electron chi connectivity index (χ3n) is 4.65. The van der Waals surface area contributed by atoms with Gasteiger partial charge in [0.05, 0.1) is 19.8 Å². The number of guanidine groups is 1. The van der Waals surface area contributed by atoms with Crippen LogP contribution in [-0.2, 0) is 4.74 Å². The van der Waals surface area contributed by atoms with Gasteiger partial charge < -0.3 is 15.4 Å². The van der Waals surface area contributed by atoms with Crippen LogP contribution in [0, 0.1) is 11.8 Å². The Labute approximate surface area is 142 Å². The number of aliphatic imine (C=N–C) groups is 1. The molecule has 1 aliphatic carbocycles. The Kier molecular flexibility index (Phi) is 8.17. The molecule has 23 heavy (non-hydrogen) atoms. The largest absolute Gasteiger partial charge is 0.379 e. The van der Waals surface area contributed by atoms with Crippen LogP contribution < -0.4 is 10.6 Å². The second kappa shape index (κ2) is 10.1. The summed E-state index contributed by atoms with van der Waals surface area (Å²) < 4.78 is 5.50. The van der Waals surface area contributed by atoms with E-state index in [-0.39, 0.29) is 0 Å². The lowest BCUT2D eigenvalue weighted by atomic mass is 10.0. The van der Waals surface area contributed by atoms with Crippen LogP contribution in [0.5, 0.6) is 0 Å². The molecule has 1 atom stereocenters. The van der Waals surface area contributed by atoms with Crippen molar-refractivity contribution in [1.29, 1.82) is 0 Å². The Morgan fingerprint density at radius 2 is 1.96 bits per heavy atom. The van der Waals surface area contributed by atoms with Gasteiger partial charge in [-0.15, -0.1) is 0 Å². The number of nitrogens with zero attached hydrogens (tertiary/aromatic N) is 2. The highest BCUT2D eigenvalue weighted by molar-refractivity contribution is 5.79. The molecule has 1 aliphatic heterocycles. The summed E-state index contributed by atoms with van der Waals surface area (Å²) >= 11 is 0. The average molecular weight is 325 g/mol. The highest BCUT2D eigenvalue weighted by Gasteiger charge is 2.22. The maximum Gasteiger partial charge on any atom is 0.191 e. The second-order valence-corrected chi connectivity index (χ2v) is 7.31. The number of hydrogen-bond acceptors (Lipinski definition) is 3. The molecule has 2 N–H and O–H groups in total. The molecular formula is C18H36N4O. The molecule has 1 saturated heterocycles. The molecule has 2 fully saturated rings. The molecule has 2 aliphatic rings. The number of hydrogen-bond donors (Lipinski definition) is 2. The van der Waals surface area contributed by atoms with Gasteiger partial charge in [-0.1, -0.05) is 26.7 Å². The van der Waals surface area contributed by atoms with Gasteiger partial charge in [-0.05, 0) is 31.6 Å². The van der Waals surface area contributed by atoms with Crippen LogP contribution in [0.15, 0.2) is 4.99 Å². The molecule has 0 spiro atoms. The van der Waals surface area contributed by atoms with Crippen molar-refractivity contribution < 1.29 is 4.74 Å². The summed E-state index contributed by atoms with van der Waals surface area (Å²) in [6.45, 7) is 13.4. The summed E-state index contributed by atoms with van der Waals surface area (Å²) in [6, 6.07) is 0.526. The van der Waals surface area contributed by atoms with Crippen LogP contribution in [-0.4, -0.2) is 62.8 Å². The van der Waals surface area contributed by atoms with Crippen LogP contribution in [0.1, 0.15) is 46.5 Å². The van der Waals surface area contributed by atoms with E-state index in [0.29, 0.717) is 12.0 Å². The van der Waals surface area contributed by atoms with Crippen LogP contribution >= 0.6 is 0 Å². The van der Waals surface area contributed by atoms with E-state index in [2.05, 4.69) is 36.3 Å². The average Bonchev–Trinajstić information content (AvgIpc) is 3.36. The number of nitrogens with one attached hydrogen (secondary N) is 2. The van der Waals surface area contributed by atoms with E-state index in [1.54, 1.807) is 0 Å². The van der Waals surface area contributed by atoms with Gasteiger partial charge in [0, 0.05) is 32.2 Å². The van der Waals surface area contributed by atoms with Gasteiger partial charge >= 0.3 is 0 Å². The van der Waals surface area contributed by atoms with E-state index < -0.39 is 0 Å². The monoisotopic (exact) mass is 324 g/mol. The lowest BCUT2D eigenvalue weighted by molar-refractivity contribution is 0.0143. The Morgan fingerprint density at radius 3 is 2.57 bits per heavy atom. The van der Waals surface area contributed by atoms with E-state index in [9.17, 15) is 0 Å². The van der Waals surface area contributed by atoms with E-state index in [1.165, 1.54) is 25.7 Å². The van der Waals surface area contributed by atoms with Crippen molar-refractivity contribution in [3.05, 3.63) is 0 Å². The van der Waals surface area contributed by atoms with Crippen molar-refractivity contribution in [3.63, 3.8) is 0 Å². The summed E-state index contributed by atoms with van der Waals surface area (Å²) in [5.74, 6) is 2.64. The molecule has 1 saturated carbocycles. The smallest absolute Gasteiger partial charge is 0.191 e. The Hall–Kier alpha value is -0.810. The van der Waals surface area contributed by atoms with Crippen LogP contribution in [0.3, 0.4) is 0 Å². The number of morpholine rings is 1. The standard InChI is InChI=1S/C18H36N4O/c1-4-19-18(20-8-7-16-5-6-16)21-14-17(13-15(2)3)22-9-11-23-12-10-22/h15-17H,4-14H2,1-3H3,(H2,19,20,21). The van der Waals surface area contributed by atoms with Gasteiger partial charge in [-0.3, -0.25) is 9.89 Å². The molecule has 1 heterocycles. The SMILES string of the molecule is CCNC(=NCC(CC(C)C)N1CCOCC1)NCCC1CC1. The minimum absolute atomic E-state index is 0.526. The van der Waals surface area contributed by atoms with Gasteiger partial charge in [0.1, 0.15) is 0 Å². The van der Waals surface area contributed by atoms with Gasteiger partial charge in [-0.2, -0.15) is 0 Å². The molecule has 0 amide bonds. The molecule has 0 aromatic heterocycles. The molecule has 2 rings (SSSR count). The Bertz CT molecular complexity index is 349. The first kappa shape index (κ1) is 18.5. The summed E-state index contributed by atoms with van der Waals surface area (Å²) in [4.78, 5) is 7.43. The lowest BCUT2D eigenvalue weighted by Crippen LogP contribution is -2.46. The number of ether oxygens (including phenoxy) is 1.